The van der Waals surface area contributed by atoms with Gasteiger partial charge in [-0.1, -0.05) is 6.92 Å². The molecule has 6 nitrogen and oxygen atoms in total. The summed E-state index contributed by atoms with van der Waals surface area (Å²) in [5.41, 5.74) is 2.81. The molecule has 6 heteroatoms. The number of hydrogen-bond acceptors (Lipinski definition) is 4. The second-order valence-electron chi connectivity index (χ2n) is 8.80. The van der Waals surface area contributed by atoms with Crippen LogP contribution in [0.25, 0.3) is 0 Å². The molecule has 0 unspecified atom stereocenters. The highest BCUT2D eigenvalue weighted by molar-refractivity contribution is 5.84. The Hall–Kier alpha value is -1.56. The Kier molecular flexibility index (Phi) is 6.24. The van der Waals surface area contributed by atoms with Gasteiger partial charge in [0.05, 0.1) is 13.0 Å². The second kappa shape index (κ2) is 8.85. The zero-order chi connectivity index (χ0) is 19.5. The van der Waals surface area contributed by atoms with Crippen molar-refractivity contribution in [3.63, 3.8) is 0 Å². The van der Waals surface area contributed by atoms with Crippen LogP contribution in [0.2, 0.25) is 0 Å². The number of likely N-dealkylation sites (tertiary alicyclic amines) is 2. The van der Waals surface area contributed by atoms with E-state index in [1.807, 2.05) is 11.8 Å². The van der Waals surface area contributed by atoms with Gasteiger partial charge in [-0.05, 0) is 63.4 Å². The summed E-state index contributed by atoms with van der Waals surface area (Å²) in [6, 6.07) is 0.966. The SMILES string of the molecule is CCCOC(=O)N1CCC(N2CCC(N3C(=O)CC4=C3CCCC4)CC2)CC1. The molecule has 0 saturated carbocycles. The molecule has 28 heavy (non-hydrogen) atoms. The number of carbonyl (C=O) groups excluding carboxylic acids is 2. The molecule has 2 amide bonds. The van der Waals surface area contributed by atoms with Gasteiger partial charge in [0.25, 0.3) is 0 Å². The summed E-state index contributed by atoms with van der Waals surface area (Å²) >= 11 is 0. The maximum absolute atomic E-state index is 12.6. The van der Waals surface area contributed by atoms with Crippen molar-refractivity contribution in [2.24, 2.45) is 0 Å². The van der Waals surface area contributed by atoms with Crippen molar-refractivity contribution in [1.29, 1.82) is 0 Å². The van der Waals surface area contributed by atoms with Crippen LogP contribution in [0.5, 0.6) is 0 Å². The van der Waals surface area contributed by atoms with Gasteiger partial charge in [-0.15, -0.1) is 0 Å². The van der Waals surface area contributed by atoms with Gasteiger partial charge < -0.3 is 19.4 Å². The third kappa shape index (κ3) is 4.07. The van der Waals surface area contributed by atoms with Crippen molar-refractivity contribution in [2.45, 2.75) is 83.2 Å². The number of amides is 2. The number of piperidine rings is 2. The van der Waals surface area contributed by atoms with E-state index in [1.54, 1.807) is 0 Å². The van der Waals surface area contributed by atoms with Crippen LogP contribution < -0.4 is 0 Å². The smallest absolute Gasteiger partial charge is 0.409 e. The van der Waals surface area contributed by atoms with Crippen LogP contribution in [-0.2, 0) is 9.53 Å². The molecule has 3 heterocycles. The minimum atomic E-state index is -0.150. The van der Waals surface area contributed by atoms with Crippen LogP contribution >= 0.6 is 0 Å². The fourth-order valence-corrected chi connectivity index (χ4v) is 5.48. The number of hydrogen-bond donors (Lipinski definition) is 0. The van der Waals surface area contributed by atoms with Crippen LogP contribution in [0.3, 0.4) is 0 Å². The molecular formula is C22H35N3O3. The van der Waals surface area contributed by atoms with Crippen molar-refractivity contribution in [2.75, 3.05) is 32.8 Å². The minimum Gasteiger partial charge on any atom is -0.449 e. The van der Waals surface area contributed by atoms with Crippen LogP contribution in [0, 0.1) is 0 Å². The van der Waals surface area contributed by atoms with Crippen molar-refractivity contribution in [3.05, 3.63) is 11.3 Å². The predicted octanol–water partition coefficient (Wildman–Crippen LogP) is 3.52. The summed E-state index contributed by atoms with van der Waals surface area (Å²) in [6.07, 6.45) is 10.4. The normalized spacial score (nSPS) is 25.4. The lowest BCUT2D eigenvalue weighted by Crippen LogP contribution is -2.52. The highest BCUT2D eigenvalue weighted by atomic mass is 16.6. The molecule has 0 bridgehead atoms. The molecule has 2 saturated heterocycles. The minimum absolute atomic E-state index is 0.150. The second-order valence-corrected chi connectivity index (χ2v) is 8.80. The Bertz CT molecular complexity index is 617. The molecule has 0 atom stereocenters. The summed E-state index contributed by atoms with van der Waals surface area (Å²) in [4.78, 5) is 31.3. The molecule has 0 aromatic carbocycles. The van der Waals surface area contributed by atoms with E-state index in [2.05, 4.69) is 9.80 Å². The summed E-state index contributed by atoms with van der Waals surface area (Å²) in [7, 11) is 0. The summed E-state index contributed by atoms with van der Waals surface area (Å²) in [5.74, 6) is 0.351. The summed E-state index contributed by atoms with van der Waals surface area (Å²) < 4.78 is 5.27. The van der Waals surface area contributed by atoms with E-state index < -0.39 is 0 Å². The lowest BCUT2D eigenvalue weighted by molar-refractivity contribution is -0.130. The number of nitrogens with zero attached hydrogens (tertiary/aromatic N) is 3. The predicted molar refractivity (Wildman–Crippen MR) is 108 cm³/mol. The van der Waals surface area contributed by atoms with Crippen molar-refractivity contribution < 1.29 is 14.3 Å². The zero-order valence-corrected chi connectivity index (χ0v) is 17.3. The van der Waals surface area contributed by atoms with E-state index in [0.29, 0.717) is 31.0 Å². The molecular weight excluding hydrogens is 354 g/mol. The van der Waals surface area contributed by atoms with Crippen LogP contribution in [0.4, 0.5) is 4.79 Å². The number of ether oxygens (including phenoxy) is 1. The van der Waals surface area contributed by atoms with E-state index in [9.17, 15) is 9.59 Å². The standard InChI is InChI=1S/C22H35N3O3/c1-2-15-28-22(27)24-13-7-18(8-14-24)23-11-9-19(10-12-23)25-20-6-4-3-5-17(20)16-21(25)26/h18-19H,2-16H2,1H3. The molecule has 2 fully saturated rings. The molecule has 4 rings (SSSR count). The van der Waals surface area contributed by atoms with Crippen molar-refractivity contribution in [1.82, 2.24) is 14.7 Å². The Labute approximate surface area is 168 Å². The first-order chi connectivity index (χ1) is 13.7. The molecule has 0 spiro atoms. The molecule has 0 aromatic rings. The summed E-state index contributed by atoms with van der Waals surface area (Å²) in [6.45, 7) is 6.27. The molecule has 4 aliphatic rings. The molecule has 0 radical (unpaired) electrons. The third-order valence-corrected chi connectivity index (χ3v) is 7.01. The van der Waals surface area contributed by atoms with E-state index in [1.165, 1.54) is 24.1 Å². The molecule has 1 aliphatic carbocycles. The van der Waals surface area contributed by atoms with E-state index in [4.69, 9.17) is 4.74 Å². The molecule has 0 aromatic heterocycles. The highest BCUT2D eigenvalue weighted by Crippen LogP contribution is 2.38. The Morgan fingerprint density at radius 1 is 1.00 bits per heavy atom. The van der Waals surface area contributed by atoms with Crippen LogP contribution in [0.1, 0.15) is 71.1 Å². The van der Waals surface area contributed by atoms with Gasteiger partial charge in [0.2, 0.25) is 5.91 Å². The van der Waals surface area contributed by atoms with Crippen molar-refractivity contribution >= 4 is 12.0 Å². The monoisotopic (exact) mass is 389 g/mol. The first-order valence-corrected chi connectivity index (χ1v) is 11.4. The van der Waals surface area contributed by atoms with Gasteiger partial charge in [-0.25, -0.2) is 4.79 Å². The van der Waals surface area contributed by atoms with Gasteiger partial charge in [0.15, 0.2) is 0 Å². The first-order valence-electron chi connectivity index (χ1n) is 11.4. The highest BCUT2D eigenvalue weighted by Gasteiger charge is 2.38. The Balaban J connectivity index is 1.26. The number of allylic oxidation sites excluding steroid dienone is 1. The zero-order valence-electron chi connectivity index (χ0n) is 17.3. The molecule has 3 aliphatic heterocycles. The quantitative estimate of drug-likeness (QED) is 0.738. The van der Waals surface area contributed by atoms with Crippen LogP contribution in [-0.4, -0.2) is 71.6 Å². The maximum atomic E-state index is 12.6. The summed E-state index contributed by atoms with van der Waals surface area (Å²) in [5, 5.41) is 0. The van der Waals surface area contributed by atoms with E-state index in [-0.39, 0.29) is 6.09 Å². The maximum Gasteiger partial charge on any atom is 0.409 e. The number of rotatable bonds is 4. The fraction of sp³-hybridized carbons (Fsp3) is 0.818. The van der Waals surface area contributed by atoms with Crippen LogP contribution in [0.15, 0.2) is 11.3 Å². The van der Waals surface area contributed by atoms with E-state index >= 15 is 0 Å². The average Bonchev–Trinajstić information content (AvgIpc) is 3.08. The van der Waals surface area contributed by atoms with E-state index in [0.717, 1.165) is 71.1 Å². The van der Waals surface area contributed by atoms with Gasteiger partial charge in [-0.3, -0.25) is 4.79 Å². The first kappa shape index (κ1) is 19.7. The lowest BCUT2D eigenvalue weighted by Gasteiger charge is -2.43. The van der Waals surface area contributed by atoms with Gasteiger partial charge in [-0.2, -0.15) is 0 Å². The van der Waals surface area contributed by atoms with Gasteiger partial charge >= 0.3 is 6.09 Å². The Morgan fingerprint density at radius 3 is 2.39 bits per heavy atom. The third-order valence-electron chi connectivity index (χ3n) is 7.01. The lowest BCUT2D eigenvalue weighted by atomic mass is 9.94. The average molecular weight is 390 g/mol. The largest absolute Gasteiger partial charge is 0.449 e. The fourth-order valence-electron chi connectivity index (χ4n) is 5.48. The molecule has 0 N–H and O–H groups in total. The number of carbonyl (C=O) groups is 2. The topological polar surface area (TPSA) is 53.1 Å². The van der Waals surface area contributed by atoms with Crippen molar-refractivity contribution in [3.8, 4) is 0 Å². The molecule has 156 valence electrons. The van der Waals surface area contributed by atoms with Gasteiger partial charge in [0.1, 0.15) is 0 Å². The van der Waals surface area contributed by atoms with Gasteiger partial charge in [0, 0.05) is 44.0 Å². The Morgan fingerprint density at radius 2 is 1.68 bits per heavy atom.